The molecule has 0 amide bonds. The molecule has 6 nitrogen and oxygen atoms in total. The SMILES string of the molecule is CCn1c(=O)c2c(nc(C#Cc3cccc(Cl)c3)n2C)n(CC)c1=O. The van der Waals surface area contributed by atoms with Gasteiger partial charge in [0.15, 0.2) is 17.0 Å². The lowest BCUT2D eigenvalue weighted by molar-refractivity contribution is 0.604. The van der Waals surface area contributed by atoms with E-state index in [4.69, 9.17) is 11.6 Å². The molecule has 0 aliphatic carbocycles. The van der Waals surface area contributed by atoms with Crippen LogP contribution in [-0.4, -0.2) is 18.7 Å². The summed E-state index contributed by atoms with van der Waals surface area (Å²) in [7, 11) is 1.73. The zero-order chi connectivity index (χ0) is 18.1. The minimum atomic E-state index is -0.352. The van der Waals surface area contributed by atoms with Crippen molar-refractivity contribution in [3.8, 4) is 11.8 Å². The number of nitrogens with zero attached hydrogens (tertiary/aromatic N) is 4. The lowest BCUT2D eigenvalue weighted by atomic mass is 10.2. The fourth-order valence-corrected chi connectivity index (χ4v) is 2.92. The van der Waals surface area contributed by atoms with Gasteiger partial charge < -0.3 is 4.57 Å². The van der Waals surface area contributed by atoms with Crippen LogP contribution in [0.15, 0.2) is 33.9 Å². The van der Waals surface area contributed by atoms with Gasteiger partial charge in [-0.15, -0.1) is 0 Å². The Balaban J connectivity index is 2.27. The smallest absolute Gasteiger partial charge is 0.314 e. The van der Waals surface area contributed by atoms with Gasteiger partial charge in [-0.3, -0.25) is 13.9 Å². The van der Waals surface area contributed by atoms with Crippen LogP contribution in [0, 0.1) is 11.8 Å². The highest BCUT2D eigenvalue weighted by Crippen LogP contribution is 2.11. The van der Waals surface area contributed by atoms with Gasteiger partial charge in [-0.25, -0.2) is 9.78 Å². The number of aryl methyl sites for hydroxylation is 2. The van der Waals surface area contributed by atoms with Crippen LogP contribution in [0.3, 0.4) is 0 Å². The first-order valence-electron chi connectivity index (χ1n) is 7.95. The summed E-state index contributed by atoms with van der Waals surface area (Å²) in [5.74, 6) is 6.37. The van der Waals surface area contributed by atoms with Crippen molar-refractivity contribution in [1.29, 1.82) is 0 Å². The van der Waals surface area contributed by atoms with Gasteiger partial charge in [-0.1, -0.05) is 23.6 Å². The van der Waals surface area contributed by atoms with Crippen molar-refractivity contribution in [3.05, 3.63) is 61.5 Å². The molecule has 7 heteroatoms. The lowest BCUT2D eigenvalue weighted by Gasteiger charge is -2.07. The Labute approximate surface area is 149 Å². The highest BCUT2D eigenvalue weighted by Gasteiger charge is 2.17. The molecule has 0 aliphatic rings. The van der Waals surface area contributed by atoms with Crippen molar-refractivity contribution in [2.24, 2.45) is 7.05 Å². The number of hydrogen-bond donors (Lipinski definition) is 0. The quantitative estimate of drug-likeness (QED) is 0.660. The van der Waals surface area contributed by atoms with E-state index < -0.39 is 0 Å². The van der Waals surface area contributed by atoms with E-state index in [0.717, 1.165) is 5.56 Å². The first-order valence-corrected chi connectivity index (χ1v) is 8.33. The van der Waals surface area contributed by atoms with Crippen molar-refractivity contribution in [1.82, 2.24) is 18.7 Å². The van der Waals surface area contributed by atoms with Crippen molar-refractivity contribution in [2.45, 2.75) is 26.9 Å². The predicted molar refractivity (Wildman–Crippen MR) is 98.0 cm³/mol. The third kappa shape index (κ3) is 2.87. The number of rotatable bonds is 2. The molecule has 0 spiro atoms. The van der Waals surface area contributed by atoms with E-state index in [-0.39, 0.29) is 11.2 Å². The number of benzene rings is 1. The monoisotopic (exact) mass is 356 g/mol. The minimum Gasteiger partial charge on any atom is -0.314 e. The minimum absolute atomic E-state index is 0.308. The molecule has 0 bridgehead atoms. The summed E-state index contributed by atoms with van der Waals surface area (Å²) in [5, 5.41) is 0.599. The second kappa shape index (κ2) is 6.61. The van der Waals surface area contributed by atoms with Gasteiger partial charge in [-0.2, -0.15) is 0 Å². The van der Waals surface area contributed by atoms with E-state index in [2.05, 4.69) is 16.8 Å². The number of halogens is 1. The second-order valence-corrected chi connectivity index (χ2v) is 5.94. The van der Waals surface area contributed by atoms with E-state index in [1.807, 2.05) is 19.1 Å². The molecule has 3 aromatic rings. The van der Waals surface area contributed by atoms with Crippen molar-refractivity contribution in [2.75, 3.05) is 0 Å². The van der Waals surface area contributed by atoms with Gasteiger partial charge in [0.25, 0.3) is 5.56 Å². The van der Waals surface area contributed by atoms with Crippen LogP contribution in [0.25, 0.3) is 11.2 Å². The molecule has 0 radical (unpaired) electrons. The first kappa shape index (κ1) is 17.1. The number of aromatic nitrogens is 4. The van der Waals surface area contributed by atoms with Crippen LogP contribution in [0.5, 0.6) is 0 Å². The molecule has 25 heavy (non-hydrogen) atoms. The van der Waals surface area contributed by atoms with Crippen LogP contribution in [0.2, 0.25) is 5.02 Å². The van der Waals surface area contributed by atoms with Crippen LogP contribution >= 0.6 is 11.6 Å². The molecular formula is C18H17ClN4O2. The maximum Gasteiger partial charge on any atom is 0.332 e. The highest BCUT2D eigenvalue weighted by molar-refractivity contribution is 6.30. The maximum atomic E-state index is 12.6. The molecule has 2 heterocycles. The molecule has 128 valence electrons. The Morgan fingerprint density at radius 1 is 1.12 bits per heavy atom. The molecule has 1 aromatic carbocycles. The van der Waals surface area contributed by atoms with Crippen molar-refractivity contribution < 1.29 is 0 Å². The fourth-order valence-electron chi connectivity index (χ4n) is 2.73. The Morgan fingerprint density at radius 3 is 2.48 bits per heavy atom. The molecule has 0 saturated heterocycles. The molecule has 2 aromatic heterocycles. The van der Waals surface area contributed by atoms with Gasteiger partial charge in [0.05, 0.1) is 0 Å². The van der Waals surface area contributed by atoms with Gasteiger partial charge >= 0.3 is 5.69 Å². The summed E-state index contributed by atoms with van der Waals surface area (Å²) in [6.07, 6.45) is 0. The molecule has 0 fully saturated rings. The Kier molecular flexibility index (Phi) is 4.51. The third-order valence-corrected chi connectivity index (χ3v) is 4.25. The van der Waals surface area contributed by atoms with Gasteiger partial charge in [0.2, 0.25) is 0 Å². The zero-order valence-electron chi connectivity index (χ0n) is 14.2. The summed E-state index contributed by atoms with van der Waals surface area (Å²) in [6, 6.07) is 7.18. The van der Waals surface area contributed by atoms with E-state index in [1.165, 1.54) is 9.13 Å². The van der Waals surface area contributed by atoms with Gasteiger partial charge in [0.1, 0.15) is 0 Å². The van der Waals surface area contributed by atoms with Gasteiger partial charge in [-0.05, 0) is 38.0 Å². The van der Waals surface area contributed by atoms with Crippen LogP contribution in [0.1, 0.15) is 25.2 Å². The standard InChI is InChI=1S/C18H17ClN4O2/c1-4-22-16-15(17(24)23(5-2)18(22)25)21(3)14(20-16)10-9-12-7-6-8-13(19)11-12/h6-8,11H,4-5H2,1-3H3. The first-order chi connectivity index (χ1) is 12.0. The normalized spacial score (nSPS) is 10.7. The molecule has 3 rings (SSSR count). The molecule has 0 atom stereocenters. The van der Waals surface area contributed by atoms with Gasteiger partial charge in [0, 0.05) is 30.7 Å². The van der Waals surface area contributed by atoms with Crippen LogP contribution in [0.4, 0.5) is 0 Å². The third-order valence-electron chi connectivity index (χ3n) is 4.02. The Hall–Kier alpha value is -2.78. The number of fused-ring (bicyclic) bond motifs is 1. The summed E-state index contributed by atoms with van der Waals surface area (Å²) in [6.45, 7) is 4.35. The average Bonchev–Trinajstić information content (AvgIpc) is 2.91. The van der Waals surface area contributed by atoms with Crippen molar-refractivity contribution >= 4 is 22.8 Å². The van der Waals surface area contributed by atoms with E-state index in [9.17, 15) is 9.59 Å². The van der Waals surface area contributed by atoms with E-state index in [1.54, 1.807) is 30.7 Å². The molecule has 0 N–H and O–H groups in total. The van der Waals surface area contributed by atoms with Crippen molar-refractivity contribution in [3.63, 3.8) is 0 Å². The largest absolute Gasteiger partial charge is 0.332 e. The second-order valence-electron chi connectivity index (χ2n) is 5.50. The van der Waals surface area contributed by atoms with E-state index >= 15 is 0 Å². The topological polar surface area (TPSA) is 61.8 Å². The fraction of sp³-hybridized carbons (Fsp3) is 0.278. The maximum absolute atomic E-state index is 12.6. The number of imidazole rings is 1. The molecule has 0 aliphatic heterocycles. The van der Waals surface area contributed by atoms with Crippen LogP contribution < -0.4 is 11.2 Å². The summed E-state index contributed by atoms with van der Waals surface area (Å²) < 4.78 is 4.33. The summed E-state index contributed by atoms with van der Waals surface area (Å²) in [5.41, 5.74) is 0.783. The summed E-state index contributed by atoms with van der Waals surface area (Å²) in [4.78, 5) is 29.5. The zero-order valence-corrected chi connectivity index (χ0v) is 15.0. The van der Waals surface area contributed by atoms with Crippen LogP contribution in [-0.2, 0) is 20.1 Å². The predicted octanol–water partition coefficient (Wildman–Crippen LogP) is 1.99. The lowest BCUT2D eigenvalue weighted by Crippen LogP contribution is -2.39. The Bertz CT molecular complexity index is 1140. The number of hydrogen-bond acceptors (Lipinski definition) is 3. The average molecular weight is 357 g/mol. The molecule has 0 unspecified atom stereocenters. The highest BCUT2D eigenvalue weighted by atomic mass is 35.5. The summed E-state index contributed by atoms with van der Waals surface area (Å²) >= 11 is 5.96. The molecular weight excluding hydrogens is 340 g/mol. The van der Waals surface area contributed by atoms with E-state index in [0.29, 0.717) is 35.1 Å². The molecule has 0 saturated carbocycles. The Morgan fingerprint density at radius 2 is 1.84 bits per heavy atom.